The summed E-state index contributed by atoms with van der Waals surface area (Å²) in [6, 6.07) is 5.84. The zero-order chi connectivity index (χ0) is 16.4. The van der Waals surface area contributed by atoms with Crippen molar-refractivity contribution >= 4 is 17.3 Å². The summed E-state index contributed by atoms with van der Waals surface area (Å²) in [5, 5.41) is 6.29. The molecule has 0 unspecified atom stereocenters. The van der Waals surface area contributed by atoms with Gasteiger partial charge in [-0.1, -0.05) is 19.9 Å². The summed E-state index contributed by atoms with van der Waals surface area (Å²) in [5.41, 5.74) is 2.00. The van der Waals surface area contributed by atoms with Gasteiger partial charge in [-0.05, 0) is 23.4 Å². The SMILES string of the molecule is COC(=O)c1cnn(-c2nccc(-c3cccs3)n2)c1C(C)C. The molecule has 23 heavy (non-hydrogen) atoms. The minimum absolute atomic E-state index is 0.0700. The van der Waals surface area contributed by atoms with Gasteiger partial charge in [-0.15, -0.1) is 11.3 Å². The summed E-state index contributed by atoms with van der Waals surface area (Å²) in [5.74, 6) is 0.102. The molecule has 0 radical (unpaired) electrons. The maximum absolute atomic E-state index is 11.9. The second-order valence-corrected chi connectivity index (χ2v) is 6.17. The average Bonchev–Trinajstić information content (AvgIpc) is 3.23. The number of methoxy groups -OCH3 is 1. The fourth-order valence-electron chi connectivity index (χ4n) is 2.35. The molecule has 0 aliphatic carbocycles. The zero-order valence-electron chi connectivity index (χ0n) is 13.1. The van der Waals surface area contributed by atoms with Gasteiger partial charge >= 0.3 is 5.97 Å². The van der Waals surface area contributed by atoms with E-state index in [0.29, 0.717) is 11.5 Å². The van der Waals surface area contributed by atoms with Gasteiger partial charge in [0.25, 0.3) is 5.95 Å². The minimum Gasteiger partial charge on any atom is -0.465 e. The molecule has 0 atom stereocenters. The van der Waals surface area contributed by atoms with Crippen LogP contribution in [-0.4, -0.2) is 32.8 Å². The smallest absolute Gasteiger partial charge is 0.341 e. The molecule has 0 aromatic carbocycles. The van der Waals surface area contributed by atoms with Crippen molar-refractivity contribution in [3.63, 3.8) is 0 Å². The number of carbonyl (C=O) groups is 1. The van der Waals surface area contributed by atoms with Crippen molar-refractivity contribution in [2.24, 2.45) is 0 Å². The Balaban J connectivity index is 2.10. The fraction of sp³-hybridized carbons (Fsp3) is 0.250. The van der Waals surface area contributed by atoms with Crippen LogP contribution in [0.25, 0.3) is 16.5 Å². The van der Waals surface area contributed by atoms with E-state index in [1.165, 1.54) is 13.3 Å². The average molecular weight is 328 g/mol. The van der Waals surface area contributed by atoms with Crippen molar-refractivity contribution in [3.05, 3.63) is 47.2 Å². The summed E-state index contributed by atoms with van der Waals surface area (Å²) in [6.45, 7) is 3.98. The van der Waals surface area contributed by atoms with E-state index in [1.54, 1.807) is 22.2 Å². The molecule has 0 spiro atoms. The van der Waals surface area contributed by atoms with Gasteiger partial charge < -0.3 is 4.74 Å². The van der Waals surface area contributed by atoms with Crippen LogP contribution >= 0.6 is 11.3 Å². The maximum atomic E-state index is 11.9. The molecule has 0 bridgehead atoms. The van der Waals surface area contributed by atoms with Crippen LogP contribution in [0, 0.1) is 0 Å². The second kappa shape index (κ2) is 6.29. The Kier molecular flexibility index (Phi) is 4.20. The highest BCUT2D eigenvalue weighted by Gasteiger charge is 2.22. The van der Waals surface area contributed by atoms with Gasteiger partial charge in [-0.3, -0.25) is 0 Å². The zero-order valence-corrected chi connectivity index (χ0v) is 13.9. The lowest BCUT2D eigenvalue weighted by atomic mass is 10.1. The molecule has 7 heteroatoms. The lowest BCUT2D eigenvalue weighted by Crippen LogP contribution is -2.12. The van der Waals surface area contributed by atoms with Gasteiger partial charge in [0.1, 0.15) is 5.56 Å². The number of hydrogen-bond acceptors (Lipinski definition) is 6. The predicted molar refractivity (Wildman–Crippen MR) is 87.9 cm³/mol. The summed E-state index contributed by atoms with van der Waals surface area (Å²) in [4.78, 5) is 21.9. The topological polar surface area (TPSA) is 69.9 Å². The molecule has 0 aliphatic heterocycles. The summed E-state index contributed by atoms with van der Waals surface area (Å²) in [7, 11) is 1.36. The van der Waals surface area contributed by atoms with Crippen LogP contribution in [0.2, 0.25) is 0 Å². The summed E-state index contributed by atoms with van der Waals surface area (Å²) >= 11 is 1.61. The predicted octanol–water partition coefficient (Wildman–Crippen LogP) is 3.30. The largest absolute Gasteiger partial charge is 0.465 e. The fourth-order valence-corrected chi connectivity index (χ4v) is 3.05. The Morgan fingerprint density at radius 1 is 1.35 bits per heavy atom. The van der Waals surface area contributed by atoms with Crippen molar-refractivity contribution in [2.45, 2.75) is 19.8 Å². The number of rotatable bonds is 4. The van der Waals surface area contributed by atoms with Crippen molar-refractivity contribution in [1.29, 1.82) is 0 Å². The Morgan fingerprint density at radius 3 is 2.83 bits per heavy atom. The molecule has 3 rings (SSSR count). The number of hydrogen-bond donors (Lipinski definition) is 0. The highest BCUT2D eigenvalue weighted by molar-refractivity contribution is 7.13. The van der Waals surface area contributed by atoms with E-state index in [1.807, 2.05) is 37.4 Å². The molecule has 0 N–H and O–H groups in total. The number of esters is 1. The number of carbonyl (C=O) groups excluding carboxylic acids is 1. The molecular formula is C16H16N4O2S. The molecule has 0 saturated carbocycles. The van der Waals surface area contributed by atoms with Gasteiger partial charge in [-0.2, -0.15) is 5.10 Å². The third kappa shape index (κ3) is 2.87. The highest BCUT2D eigenvalue weighted by atomic mass is 32.1. The lowest BCUT2D eigenvalue weighted by molar-refractivity contribution is 0.0599. The first-order valence-electron chi connectivity index (χ1n) is 7.15. The normalized spacial score (nSPS) is 11.0. The third-order valence-corrected chi connectivity index (χ3v) is 4.26. The van der Waals surface area contributed by atoms with E-state index < -0.39 is 5.97 Å². The van der Waals surface area contributed by atoms with Crippen molar-refractivity contribution < 1.29 is 9.53 Å². The molecule has 0 fully saturated rings. The number of ether oxygens (including phenoxy) is 1. The van der Waals surface area contributed by atoms with E-state index in [0.717, 1.165) is 16.3 Å². The van der Waals surface area contributed by atoms with Gasteiger partial charge in [-0.25, -0.2) is 19.4 Å². The molecule has 0 aliphatic rings. The quantitative estimate of drug-likeness (QED) is 0.687. The van der Waals surface area contributed by atoms with Crippen LogP contribution in [0.15, 0.2) is 36.0 Å². The van der Waals surface area contributed by atoms with Crippen LogP contribution in [0.3, 0.4) is 0 Å². The van der Waals surface area contributed by atoms with E-state index in [2.05, 4.69) is 15.1 Å². The molecule has 118 valence electrons. The molecule has 0 saturated heterocycles. The molecule has 0 amide bonds. The van der Waals surface area contributed by atoms with Crippen LogP contribution in [0.1, 0.15) is 35.8 Å². The molecule has 6 nitrogen and oxygen atoms in total. The van der Waals surface area contributed by atoms with Gasteiger partial charge in [0.05, 0.1) is 29.6 Å². The minimum atomic E-state index is -0.408. The maximum Gasteiger partial charge on any atom is 0.341 e. The van der Waals surface area contributed by atoms with Gasteiger partial charge in [0.15, 0.2) is 0 Å². The van der Waals surface area contributed by atoms with Crippen LogP contribution in [0.5, 0.6) is 0 Å². The number of nitrogens with zero attached hydrogens (tertiary/aromatic N) is 4. The van der Waals surface area contributed by atoms with Crippen molar-refractivity contribution in [3.8, 4) is 16.5 Å². The van der Waals surface area contributed by atoms with E-state index >= 15 is 0 Å². The van der Waals surface area contributed by atoms with Crippen LogP contribution < -0.4 is 0 Å². The second-order valence-electron chi connectivity index (χ2n) is 5.22. The molecule has 3 heterocycles. The number of aromatic nitrogens is 4. The Hall–Kier alpha value is -2.54. The third-order valence-electron chi connectivity index (χ3n) is 3.36. The summed E-state index contributed by atoms with van der Waals surface area (Å²) < 4.78 is 6.43. The molecule has 3 aromatic rings. The first-order valence-corrected chi connectivity index (χ1v) is 8.03. The Bertz CT molecular complexity index is 824. The summed E-state index contributed by atoms with van der Waals surface area (Å²) in [6.07, 6.45) is 3.20. The Labute approximate surface area is 137 Å². The van der Waals surface area contributed by atoms with E-state index in [9.17, 15) is 4.79 Å². The van der Waals surface area contributed by atoms with Crippen LogP contribution in [0.4, 0.5) is 0 Å². The van der Waals surface area contributed by atoms with Gasteiger partial charge in [0.2, 0.25) is 0 Å². The first-order chi connectivity index (χ1) is 11.1. The highest BCUT2D eigenvalue weighted by Crippen LogP contribution is 2.25. The first kappa shape index (κ1) is 15.4. The molecule has 3 aromatic heterocycles. The van der Waals surface area contributed by atoms with Gasteiger partial charge in [0, 0.05) is 6.20 Å². The van der Waals surface area contributed by atoms with Crippen LogP contribution in [-0.2, 0) is 4.74 Å². The van der Waals surface area contributed by atoms with Crippen molar-refractivity contribution in [2.75, 3.05) is 7.11 Å². The van der Waals surface area contributed by atoms with E-state index in [-0.39, 0.29) is 5.92 Å². The van der Waals surface area contributed by atoms with E-state index in [4.69, 9.17) is 4.74 Å². The van der Waals surface area contributed by atoms with Crippen molar-refractivity contribution in [1.82, 2.24) is 19.7 Å². The molecular weight excluding hydrogens is 312 g/mol. The Morgan fingerprint density at radius 2 is 2.17 bits per heavy atom. The monoisotopic (exact) mass is 328 g/mol. The number of thiophene rings is 1. The standard InChI is InChI=1S/C16H16N4O2S/c1-10(2)14-11(15(21)22-3)9-18-20(14)16-17-7-6-12(19-16)13-5-4-8-23-13/h4-10H,1-3H3. The lowest BCUT2D eigenvalue weighted by Gasteiger charge is -2.11.